The van der Waals surface area contributed by atoms with E-state index in [1.54, 1.807) is 26.1 Å². The summed E-state index contributed by atoms with van der Waals surface area (Å²) in [7, 11) is -2.22. The molecule has 2 heterocycles. The zero-order chi connectivity index (χ0) is 23.5. The molecule has 2 fully saturated rings. The van der Waals surface area contributed by atoms with E-state index < -0.39 is 16.0 Å². The molecule has 11 heteroatoms. The van der Waals surface area contributed by atoms with Crippen LogP contribution in [0.15, 0.2) is 35.4 Å². The van der Waals surface area contributed by atoms with Gasteiger partial charge in [0.05, 0.1) is 33.6 Å². The van der Waals surface area contributed by atoms with Crippen LogP contribution in [0.3, 0.4) is 0 Å². The second-order valence-electron chi connectivity index (χ2n) is 8.89. The average molecular weight is 492 g/mol. The minimum absolute atomic E-state index is 0.0772. The summed E-state index contributed by atoms with van der Waals surface area (Å²) in [5, 5.41) is 3.24. The van der Waals surface area contributed by atoms with Crippen molar-refractivity contribution in [2.45, 2.75) is 26.2 Å². The highest BCUT2D eigenvalue weighted by Gasteiger charge is 2.50. The molecule has 3 aromatic rings. The lowest BCUT2D eigenvalue weighted by molar-refractivity contribution is 0.455. The highest BCUT2D eigenvalue weighted by molar-refractivity contribution is 7.90. The minimum Gasteiger partial charge on any atom is -0.352 e. The van der Waals surface area contributed by atoms with Gasteiger partial charge in [-0.25, -0.2) is 9.37 Å². The van der Waals surface area contributed by atoms with Crippen molar-refractivity contribution in [3.8, 4) is 0 Å². The van der Waals surface area contributed by atoms with Crippen molar-refractivity contribution >= 4 is 49.8 Å². The SMILES string of the molecule is Cc1c(Nc2c(F)ccc(NS(=O)(=O)N3CCC4(CC4)C3)c2Cl)ccc2ncn(C)c(=O)c12. The van der Waals surface area contributed by atoms with Gasteiger partial charge in [0, 0.05) is 25.8 Å². The molecule has 5 rings (SSSR count). The molecule has 1 saturated carbocycles. The quantitative estimate of drug-likeness (QED) is 0.564. The maximum absolute atomic E-state index is 14.7. The standard InChI is InChI=1S/C22H23ClFN5O3S/c1-13-15(5-6-16-18(13)21(30)28(2)12-25-16)26-20-14(24)3-4-17(19(20)23)27-33(31,32)29-10-9-22(11-29)7-8-22/h3-6,12,26-27H,7-11H2,1-2H3. The number of hydrogen-bond acceptors (Lipinski definition) is 5. The van der Waals surface area contributed by atoms with Crippen LogP contribution < -0.4 is 15.6 Å². The van der Waals surface area contributed by atoms with Crippen LogP contribution in [0, 0.1) is 18.2 Å². The van der Waals surface area contributed by atoms with E-state index in [1.807, 2.05) is 0 Å². The number of benzene rings is 2. The molecule has 0 atom stereocenters. The first-order chi connectivity index (χ1) is 15.6. The summed E-state index contributed by atoms with van der Waals surface area (Å²) in [6.07, 6.45) is 4.39. The molecule has 2 N–H and O–H groups in total. The van der Waals surface area contributed by atoms with Gasteiger partial charge < -0.3 is 9.88 Å². The average Bonchev–Trinajstić information content (AvgIpc) is 3.39. The summed E-state index contributed by atoms with van der Waals surface area (Å²) in [5.41, 5.74) is 1.46. The lowest BCUT2D eigenvalue weighted by atomic mass is 10.1. The fraction of sp³-hybridized carbons (Fsp3) is 0.364. The van der Waals surface area contributed by atoms with E-state index >= 15 is 0 Å². The zero-order valence-corrected chi connectivity index (χ0v) is 19.7. The largest absolute Gasteiger partial charge is 0.352 e. The number of nitrogens with one attached hydrogen (secondary N) is 2. The Morgan fingerprint density at radius 1 is 1.15 bits per heavy atom. The number of aromatic nitrogens is 2. The lowest BCUT2D eigenvalue weighted by Crippen LogP contribution is -2.34. The van der Waals surface area contributed by atoms with Crippen LogP contribution in [0.4, 0.5) is 21.5 Å². The zero-order valence-electron chi connectivity index (χ0n) is 18.2. The molecular weight excluding hydrogens is 469 g/mol. The van der Waals surface area contributed by atoms with E-state index in [-0.39, 0.29) is 27.4 Å². The Kier molecular flexibility index (Phi) is 5.15. The summed E-state index contributed by atoms with van der Waals surface area (Å²) in [6, 6.07) is 5.78. The fourth-order valence-electron chi connectivity index (χ4n) is 4.36. The van der Waals surface area contributed by atoms with E-state index in [2.05, 4.69) is 15.0 Å². The van der Waals surface area contributed by atoms with Crippen LogP contribution in [0.1, 0.15) is 24.8 Å². The second-order valence-corrected chi connectivity index (χ2v) is 10.9. The number of fused-ring (bicyclic) bond motifs is 1. The molecule has 8 nitrogen and oxygen atoms in total. The Labute approximate surface area is 195 Å². The van der Waals surface area contributed by atoms with Crippen molar-refractivity contribution in [2.24, 2.45) is 12.5 Å². The van der Waals surface area contributed by atoms with Gasteiger partial charge in [-0.1, -0.05) is 11.6 Å². The first-order valence-corrected chi connectivity index (χ1v) is 12.4. The number of halogens is 2. The molecule has 174 valence electrons. The Hall–Kier alpha value is -2.69. The van der Waals surface area contributed by atoms with Gasteiger partial charge in [-0.2, -0.15) is 12.7 Å². The molecule has 2 aromatic carbocycles. The van der Waals surface area contributed by atoms with Crippen LogP contribution >= 0.6 is 11.6 Å². The molecule has 0 bridgehead atoms. The first-order valence-electron chi connectivity index (χ1n) is 10.6. The Morgan fingerprint density at radius 3 is 2.58 bits per heavy atom. The molecule has 1 aromatic heterocycles. The van der Waals surface area contributed by atoms with Gasteiger partial charge in [-0.15, -0.1) is 0 Å². The van der Waals surface area contributed by atoms with Gasteiger partial charge in [-0.05, 0) is 61.4 Å². The minimum atomic E-state index is -3.82. The smallest absolute Gasteiger partial charge is 0.301 e. The number of anilines is 3. The van der Waals surface area contributed by atoms with E-state index in [1.165, 1.54) is 21.3 Å². The molecule has 0 unspecified atom stereocenters. The molecule has 33 heavy (non-hydrogen) atoms. The van der Waals surface area contributed by atoms with E-state index in [0.29, 0.717) is 35.2 Å². The topological polar surface area (TPSA) is 96.3 Å². The Balaban J connectivity index is 1.48. The van der Waals surface area contributed by atoms with Crippen LogP contribution in [0.2, 0.25) is 5.02 Å². The number of hydrogen-bond donors (Lipinski definition) is 2. The summed E-state index contributed by atoms with van der Waals surface area (Å²) in [5.74, 6) is -0.653. The van der Waals surface area contributed by atoms with Crippen molar-refractivity contribution < 1.29 is 12.8 Å². The third-order valence-electron chi connectivity index (χ3n) is 6.64. The van der Waals surface area contributed by atoms with E-state index in [9.17, 15) is 17.6 Å². The molecule has 1 spiro atoms. The monoisotopic (exact) mass is 491 g/mol. The van der Waals surface area contributed by atoms with Crippen LogP contribution in [-0.2, 0) is 17.3 Å². The predicted molar refractivity (Wildman–Crippen MR) is 127 cm³/mol. The molecule has 2 aliphatic rings. The highest BCUT2D eigenvalue weighted by atomic mass is 35.5. The number of aryl methyl sites for hydroxylation is 2. The molecule has 0 amide bonds. The van der Waals surface area contributed by atoms with Gasteiger partial charge >= 0.3 is 10.2 Å². The summed E-state index contributed by atoms with van der Waals surface area (Å²) in [6.45, 7) is 2.68. The van der Waals surface area contributed by atoms with Crippen LogP contribution in [0.5, 0.6) is 0 Å². The van der Waals surface area contributed by atoms with Crippen molar-refractivity contribution in [1.29, 1.82) is 0 Å². The van der Waals surface area contributed by atoms with Crippen molar-refractivity contribution in [1.82, 2.24) is 13.9 Å². The third-order valence-corrected chi connectivity index (χ3v) is 8.50. The lowest BCUT2D eigenvalue weighted by Gasteiger charge is -2.20. The van der Waals surface area contributed by atoms with Gasteiger partial charge in [-0.3, -0.25) is 9.52 Å². The van der Waals surface area contributed by atoms with Gasteiger partial charge in [0.25, 0.3) is 5.56 Å². The predicted octanol–water partition coefficient (Wildman–Crippen LogP) is 3.92. The van der Waals surface area contributed by atoms with E-state index in [4.69, 9.17) is 11.6 Å². The normalized spacial score (nSPS) is 17.6. The third kappa shape index (κ3) is 3.85. The fourth-order valence-corrected chi connectivity index (χ4v) is 6.01. The maximum Gasteiger partial charge on any atom is 0.301 e. The molecule has 1 saturated heterocycles. The molecular formula is C22H23ClFN5O3S. The van der Waals surface area contributed by atoms with Crippen molar-refractivity contribution in [3.05, 3.63) is 57.3 Å². The van der Waals surface area contributed by atoms with Crippen molar-refractivity contribution in [2.75, 3.05) is 23.1 Å². The molecule has 1 aliphatic carbocycles. The Bertz CT molecular complexity index is 1450. The van der Waals surface area contributed by atoms with Gasteiger partial charge in [0.15, 0.2) is 0 Å². The number of nitrogens with zero attached hydrogens (tertiary/aromatic N) is 3. The highest BCUT2D eigenvalue weighted by Crippen LogP contribution is 2.53. The second kappa shape index (κ2) is 7.68. The van der Waals surface area contributed by atoms with Crippen LogP contribution in [0.25, 0.3) is 10.9 Å². The van der Waals surface area contributed by atoms with Gasteiger partial charge in [0.2, 0.25) is 0 Å². The summed E-state index contributed by atoms with van der Waals surface area (Å²) < 4.78 is 45.8. The van der Waals surface area contributed by atoms with Crippen molar-refractivity contribution in [3.63, 3.8) is 0 Å². The van der Waals surface area contributed by atoms with Crippen LogP contribution in [-0.4, -0.2) is 35.4 Å². The molecule has 0 radical (unpaired) electrons. The molecule has 1 aliphatic heterocycles. The maximum atomic E-state index is 14.7. The number of rotatable bonds is 5. The summed E-state index contributed by atoms with van der Waals surface area (Å²) >= 11 is 6.45. The Morgan fingerprint density at radius 2 is 1.88 bits per heavy atom. The first kappa shape index (κ1) is 22.1. The van der Waals surface area contributed by atoms with Gasteiger partial charge in [0.1, 0.15) is 5.82 Å². The summed E-state index contributed by atoms with van der Waals surface area (Å²) in [4.78, 5) is 16.8. The van der Waals surface area contributed by atoms with E-state index in [0.717, 1.165) is 25.3 Å².